The van der Waals surface area contributed by atoms with Crippen LogP contribution in [-0.2, 0) is 11.8 Å². The fourth-order valence-corrected chi connectivity index (χ4v) is 3.22. The van der Waals surface area contributed by atoms with Gasteiger partial charge in [-0.15, -0.1) is 0 Å². The highest BCUT2D eigenvalue weighted by Gasteiger charge is 2.49. The van der Waals surface area contributed by atoms with E-state index in [1.54, 1.807) is 12.1 Å². The van der Waals surface area contributed by atoms with E-state index in [1.165, 1.54) is 24.5 Å². The summed E-state index contributed by atoms with van der Waals surface area (Å²) in [5, 5.41) is 3.45. The van der Waals surface area contributed by atoms with Gasteiger partial charge in [0.05, 0.1) is 0 Å². The van der Waals surface area contributed by atoms with E-state index in [0.717, 1.165) is 12.0 Å². The predicted octanol–water partition coefficient (Wildman–Crippen LogP) is 3.69. The molecule has 20 heavy (non-hydrogen) atoms. The van der Waals surface area contributed by atoms with E-state index in [2.05, 4.69) is 35.6 Å². The molecule has 0 heterocycles. The van der Waals surface area contributed by atoms with Crippen LogP contribution in [0.25, 0.3) is 0 Å². The van der Waals surface area contributed by atoms with E-state index in [1.807, 2.05) is 13.1 Å². The smallest absolute Gasteiger partial charge is 0.123 e. The van der Waals surface area contributed by atoms with Crippen molar-refractivity contribution in [2.24, 2.45) is 0 Å². The van der Waals surface area contributed by atoms with E-state index in [0.29, 0.717) is 6.04 Å². The Morgan fingerprint density at radius 3 is 2.45 bits per heavy atom. The molecule has 0 aromatic heterocycles. The zero-order valence-corrected chi connectivity index (χ0v) is 11.8. The predicted molar refractivity (Wildman–Crippen MR) is 80.3 cm³/mol. The van der Waals surface area contributed by atoms with Crippen LogP contribution in [0.5, 0.6) is 0 Å². The van der Waals surface area contributed by atoms with Gasteiger partial charge in [0.15, 0.2) is 0 Å². The van der Waals surface area contributed by atoms with Gasteiger partial charge in [0, 0.05) is 11.5 Å². The molecule has 1 unspecified atom stereocenters. The molecule has 0 amide bonds. The van der Waals surface area contributed by atoms with E-state index >= 15 is 0 Å². The van der Waals surface area contributed by atoms with E-state index < -0.39 is 0 Å². The minimum atomic E-state index is -0.151. The van der Waals surface area contributed by atoms with Crippen LogP contribution in [0.1, 0.15) is 24.0 Å². The maximum absolute atomic E-state index is 13.3. The molecule has 1 atom stereocenters. The van der Waals surface area contributed by atoms with Crippen LogP contribution in [0.2, 0.25) is 0 Å². The highest BCUT2D eigenvalue weighted by Crippen LogP contribution is 2.51. The second-order valence-corrected chi connectivity index (χ2v) is 5.70. The van der Waals surface area contributed by atoms with Crippen molar-refractivity contribution in [2.45, 2.75) is 30.7 Å². The normalized spacial score (nSPS) is 17.7. The van der Waals surface area contributed by atoms with E-state index in [9.17, 15) is 4.39 Å². The lowest BCUT2D eigenvalue weighted by Crippen LogP contribution is -2.39. The number of benzene rings is 2. The number of halogens is 1. The second-order valence-electron chi connectivity index (χ2n) is 5.70. The Kier molecular flexibility index (Phi) is 3.58. The molecule has 0 aliphatic heterocycles. The SMILES string of the molecule is CNC(Cc1cccc(F)c1)C1(c2ccccc2)CC1. The molecule has 0 spiro atoms. The third-order valence-electron chi connectivity index (χ3n) is 4.48. The molecule has 3 rings (SSSR count). The third-order valence-corrected chi connectivity index (χ3v) is 4.48. The molecule has 2 aromatic rings. The lowest BCUT2D eigenvalue weighted by Gasteiger charge is -2.27. The van der Waals surface area contributed by atoms with Crippen LogP contribution >= 0.6 is 0 Å². The number of rotatable bonds is 5. The van der Waals surface area contributed by atoms with Crippen LogP contribution in [0.4, 0.5) is 4.39 Å². The lowest BCUT2D eigenvalue weighted by molar-refractivity contribution is 0.442. The van der Waals surface area contributed by atoms with Crippen LogP contribution < -0.4 is 5.32 Å². The first-order valence-corrected chi connectivity index (χ1v) is 7.22. The highest BCUT2D eigenvalue weighted by molar-refractivity contribution is 5.35. The Morgan fingerprint density at radius 2 is 1.85 bits per heavy atom. The first-order chi connectivity index (χ1) is 9.74. The van der Waals surface area contributed by atoms with Crippen LogP contribution in [0.15, 0.2) is 54.6 Å². The molecule has 1 saturated carbocycles. The second kappa shape index (κ2) is 5.37. The summed E-state index contributed by atoms with van der Waals surface area (Å²) in [6.45, 7) is 0. The summed E-state index contributed by atoms with van der Waals surface area (Å²) in [4.78, 5) is 0. The van der Waals surface area contributed by atoms with Gasteiger partial charge in [-0.3, -0.25) is 0 Å². The molecule has 0 radical (unpaired) electrons. The van der Waals surface area contributed by atoms with Gasteiger partial charge in [0.1, 0.15) is 5.82 Å². The Morgan fingerprint density at radius 1 is 1.10 bits per heavy atom. The zero-order valence-electron chi connectivity index (χ0n) is 11.8. The Hall–Kier alpha value is -1.67. The number of likely N-dealkylation sites (N-methyl/N-ethyl adjacent to an activating group) is 1. The number of hydrogen-bond acceptors (Lipinski definition) is 1. The first kappa shape index (κ1) is 13.3. The van der Waals surface area contributed by atoms with Crippen LogP contribution in [0.3, 0.4) is 0 Å². The van der Waals surface area contributed by atoms with Crippen LogP contribution in [-0.4, -0.2) is 13.1 Å². The standard InChI is InChI=1S/C18H20FN/c1-20-17(13-14-6-5-9-16(19)12-14)18(10-11-18)15-7-3-2-4-8-15/h2-9,12,17,20H,10-11,13H2,1H3. The van der Waals surface area contributed by atoms with Gasteiger partial charge < -0.3 is 5.32 Å². The molecule has 1 nitrogen and oxygen atoms in total. The summed E-state index contributed by atoms with van der Waals surface area (Å²) in [5.41, 5.74) is 2.69. The average molecular weight is 269 g/mol. The molecule has 2 aromatic carbocycles. The fourth-order valence-electron chi connectivity index (χ4n) is 3.22. The summed E-state index contributed by atoms with van der Waals surface area (Å²) in [7, 11) is 2.01. The average Bonchev–Trinajstić information content (AvgIpc) is 3.27. The maximum atomic E-state index is 13.3. The van der Waals surface area contributed by atoms with Gasteiger partial charge in [-0.05, 0) is 49.6 Å². The maximum Gasteiger partial charge on any atom is 0.123 e. The highest BCUT2D eigenvalue weighted by atomic mass is 19.1. The Labute approximate surface area is 119 Å². The van der Waals surface area contributed by atoms with Gasteiger partial charge in [0.25, 0.3) is 0 Å². The summed E-state index contributed by atoms with van der Waals surface area (Å²) in [5.74, 6) is -0.151. The van der Waals surface area contributed by atoms with Crippen molar-refractivity contribution >= 4 is 0 Å². The van der Waals surface area contributed by atoms with Crippen molar-refractivity contribution in [1.82, 2.24) is 5.32 Å². The minimum Gasteiger partial charge on any atom is -0.316 e. The largest absolute Gasteiger partial charge is 0.316 e. The van der Waals surface area contributed by atoms with Crippen molar-refractivity contribution in [3.63, 3.8) is 0 Å². The van der Waals surface area contributed by atoms with Gasteiger partial charge >= 0.3 is 0 Å². The monoisotopic (exact) mass is 269 g/mol. The molecule has 2 heteroatoms. The topological polar surface area (TPSA) is 12.0 Å². The molecule has 104 valence electrons. The minimum absolute atomic E-state index is 0.151. The fraction of sp³-hybridized carbons (Fsp3) is 0.333. The molecule has 1 aliphatic rings. The molecule has 0 bridgehead atoms. The van der Waals surface area contributed by atoms with Gasteiger partial charge in [0.2, 0.25) is 0 Å². The molecule has 1 fully saturated rings. The molecule has 0 saturated heterocycles. The quantitative estimate of drug-likeness (QED) is 0.873. The van der Waals surface area contributed by atoms with Gasteiger partial charge in [-0.25, -0.2) is 4.39 Å². The van der Waals surface area contributed by atoms with Crippen molar-refractivity contribution in [1.29, 1.82) is 0 Å². The Balaban J connectivity index is 1.84. The van der Waals surface area contributed by atoms with Gasteiger partial charge in [-0.2, -0.15) is 0 Å². The van der Waals surface area contributed by atoms with Crippen molar-refractivity contribution in [3.05, 3.63) is 71.5 Å². The number of hydrogen-bond donors (Lipinski definition) is 1. The Bertz CT molecular complexity index is 575. The summed E-state index contributed by atoms with van der Waals surface area (Å²) in [6, 6.07) is 18.0. The molecular weight excluding hydrogens is 249 g/mol. The van der Waals surface area contributed by atoms with Crippen molar-refractivity contribution in [2.75, 3.05) is 7.05 Å². The zero-order chi connectivity index (χ0) is 14.0. The van der Waals surface area contributed by atoms with Crippen molar-refractivity contribution in [3.8, 4) is 0 Å². The van der Waals surface area contributed by atoms with Crippen molar-refractivity contribution < 1.29 is 4.39 Å². The number of nitrogens with one attached hydrogen (secondary N) is 1. The van der Waals surface area contributed by atoms with E-state index in [4.69, 9.17) is 0 Å². The molecule has 1 aliphatic carbocycles. The molecular formula is C18H20FN. The van der Waals surface area contributed by atoms with Gasteiger partial charge in [-0.1, -0.05) is 42.5 Å². The first-order valence-electron chi connectivity index (χ1n) is 7.22. The third kappa shape index (κ3) is 2.48. The molecule has 1 N–H and O–H groups in total. The summed E-state index contributed by atoms with van der Waals surface area (Å²) < 4.78 is 13.3. The summed E-state index contributed by atoms with van der Waals surface area (Å²) >= 11 is 0. The summed E-state index contributed by atoms with van der Waals surface area (Å²) in [6.07, 6.45) is 3.28. The van der Waals surface area contributed by atoms with Crippen LogP contribution in [0, 0.1) is 5.82 Å². The van der Waals surface area contributed by atoms with E-state index in [-0.39, 0.29) is 11.2 Å². The lowest BCUT2D eigenvalue weighted by atomic mass is 9.84.